The second-order valence-corrected chi connectivity index (χ2v) is 5.57. The molecule has 96 valence electrons. The van der Waals surface area contributed by atoms with E-state index in [-0.39, 0.29) is 5.54 Å². The first-order chi connectivity index (χ1) is 8.59. The Balaban J connectivity index is 2.59. The molecule has 0 spiro atoms. The summed E-state index contributed by atoms with van der Waals surface area (Å²) >= 11 is 0. The zero-order valence-electron chi connectivity index (χ0n) is 11.5. The van der Waals surface area contributed by atoms with Crippen molar-refractivity contribution in [1.82, 2.24) is 0 Å². The van der Waals surface area contributed by atoms with Gasteiger partial charge in [0.25, 0.3) is 0 Å². The third kappa shape index (κ3) is 2.26. The molecule has 0 radical (unpaired) electrons. The normalized spacial score (nSPS) is 18.2. The average molecular weight is 243 g/mol. The molecule has 1 saturated carbocycles. The molecule has 0 unspecified atom stereocenters. The molecule has 1 aliphatic rings. The van der Waals surface area contributed by atoms with Crippen LogP contribution in [0.5, 0.6) is 0 Å². The van der Waals surface area contributed by atoms with Crippen molar-refractivity contribution in [3.8, 4) is 0 Å². The summed E-state index contributed by atoms with van der Waals surface area (Å²) in [4.78, 5) is 15.1. The van der Waals surface area contributed by atoms with E-state index >= 15 is 0 Å². The standard InChI is InChI=1S/C16H21NO/c1-12-9-13(2)15(14(3)10-12)16(17-11-18)7-5-4-6-8-16/h9-10H,4-8H2,1-3H3. The van der Waals surface area contributed by atoms with Gasteiger partial charge in [0, 0.05) is 0 Å². The zero-order chi connectivity index (χ0) is 13.2. The largest absolute Gasteiger partial charge is 0.235 e. The Morgan fingerprint density at radius 1 is 1.06 bits per heavy atom. The number of nitrogens with zero attached hydrogens (tertiary/aromatic N) is 1. The lowest BCUT2D eigenvalue weighted by atomic mass is 9.73. The first-order valence-electron chi connectivity index (χ1n) is 6.76. The van der Waals surface area contributed by atoms with E-state index in [9.17, 15) is 4.79 Å². The van der Waals surface area contributed by atoms with E-state index in [4.69, 9.17) is 0 Å². The lowest BCUT2D eigenvalue weighted by molar-refractivity contribution is 0.301. The predicted octanol–water partition coefficient (Wildman–Crippen LogP) is 4.11. The Morgan fingerprint density at radius 2 is 1.61 bits per heavy atom. The fourth-order valence-corrected chi connectivity index (χ4v) is 3.56. The van der Waals surface area contributed by atoms with Crippen LogP contribution >= 0.6 is 0 Å². The molecule has 1 aliphatic carbocycles. The minimum absolute atomic E-state index is 0.304. The lowest BCUT2D eigenvalue weighted by Crippen LogP contribution is -2.28. The summed E-state index contributed by atoms with van der Waals surface area (Å²) < 4.78 is 0. The van der Waals surface area contributed by atoms with Gasteiger partial charge in [-0.1, -0.05) is 37.0 Å². The van der Waals surface area contributed by atoms with Crippen molar-refractivity contribution in [1.29, 1.82) is 0 Å². The second kappa shape index (κ2) is 5.07. The minimum Gasteiger partial charge on any atom is -0.211 e. The maximum Gasteiger partial charge on any atom is 0.235 e. The summed E-state index contributed by atoms with van der Waals surface area (Å²) in [5.74, 6) is 0. The number of isocyanates is 1. The van der Waals surface area contributed by atoms with Gasteiger partial charge >= 0.3 is 0 Å². The van der Waals surface area contributed by atoms with Crippen LogP contribution in [0.1, 0.15) is 54.4 Å². The number of aliphatic imine (C=N–C) groups is 1. The van der Waals surface area contributed by atoms with E-state index in [0.29, 0.717) is 0 Å². The van der Waals surface area contributed by atoms with E-state index < -0.39 is 0 Å². The summed E-state index contributed by atoms with van der Waals surface area (Å²) in [6.45, 7) is 6.37. The zero-order valence-corrected chi connectivity index (χ0v) is 11.5. The Kier molecular flexibility index (Phi) is 3.68. The molecular formula is C16H21NO. The van der Waals surface area contributed by atoms with Crippen molar-refractivity contribution in [2.45, 2.75) is 58.4 Å². The Morgan fingerprint density at radius 3 is 2.11 bits per heavy atom. The molecule has 0 heterocycles. The van der Waals surface area contributed by atoms with Gasteiger partial charge in [0.1, 0.15) is 0 Å². The summed E-state index contributed by atoms with van der Waals surface area (Å²) in [6.07, 6.45) is 7.33. The number of rotatable bonds is 2. The minimum atomic E-state index is -0.304. The van der Waals surface area contributed by atoms with Crippen LogP contribution in [0.4, 0.5) is 0 Å². The fraction of sp³-hybridized carbons (Fsp3) is 0.562. The van der Waals surface area contributed by atoms with Gasteiger partial charge in [-0.2, -0.15) is 4.99 Å². The molecule has 0 saturated heterocycles. The van der Waals surface area contributed by atoms with Gasteiger partial charge in [0.2, 0.25) is 6.08 Å². The van der Waals surface area contributed by atoms with Crippen molar-refractivity contribution in [2.24, 2.45) is 4.99 Å². The van der Waals surface area contributed by atoms with Crippen LogP contribution in [0, 0.1) is 20.8 Å². The summed E-state index contributed by atoms with van der Waals surface area (Å²) in [5, 5.41) is 0. The summed E-state index contributed by atoms with van der Waals surface area (Å²) in [5.41, 5.74) is 4.75. The Bertz CT molecular complexity index is 469. The van der Waals surface area contributed by atoms with Crippen LogP contribution in [0.25, 0.3) is 0 Å². The van der Waals surface area contributed by atoms with Crippen LogP contribution in [-0.4, -0.2) is 6.08 Å². The van der Waals surface area contributed by atoms with E-state index in [2.05, 4.69) is 37.9 Å². The van der Waals surface area contributed by atoms with Crippen molar-refractivity contribution in [3.05, 3.63) is 34.4 Å². The molecule has 1 aromatic rings. The molecule has 18 heavy (non-hydrogen) atoms. The highest BCUT2D eigenvalue weighted by Crippen LogP contribution is 2.43. The van der Waals surface area contributed by atoms with Gasteiger partial charge in [-0.25, -0.2) is 4.79 Å². The Labute approximate surface area is 109 Å². The smallest absolute Gasteiger partial charge is 0.211 e. The highest BCUT2D eigenvalue weighted by atomic mass is 16.1. The van der Waals surface area contributed by atoms with Gasteiger partial charge < -0.3 is 0 Å². The van der Waals surface area contributed by atoms with E-state index in [0.717, 1.165) is 25.7 Å². The van der Waals surface area contributed by atoms with Crippen LogP contribution in [0.15, 0.2) is 17.1 Å². The van der Waals surface area contributed by atoms with Crippen LogP contribution in [-0.2, 0) is 10.3 Å². The third-order valence-electron chi connectivity index (χ3n) is 4.08. The van der Waals surface area contributed by atoms with E-state index in [1.165, 1.54) is 28.7 Å². The first-order valence-corrected chi connectivity index (χ1v) is 6.76. The predicted molar refractivity (Wildman–Crippen MR) is 73.5 cm³/mol. The molecule has 0 N–H and O–H groups in total. The molecule has 0 aromatic heterocycles. The molecule has 0 amide bonds. The molecule has 2 rings (SSSR count). The molecule has 2 nitrogen and oxygen atoms in total. The molecule has 1 aromatic carbocycles. The van der Waals surface area contributed by atoms with E-state index in [1.54, 1.807) is 0 Å². The van der Waals surface area contributed by atoms with Crippen molar-refractivity contribution >= 4 is 6.08 Å². The van der Waals surface area contributed by atoms with E-state index in [1.807, 2.05) is 6.08 Å². The molecule has 0 aliphatic heterocycles. The molecule has 0 bridgehead atoms. The monoisotopic (exact) mass is 243 g/mol. The number of carbonyl (C=O) groups excluding carboxylic acids is 1. The maximum atomic E-state index is 10.8. The molecule has 1 fully saturated rings. The molecular weight excluding hydrogens is 222 g/mol. The SMILES string of the molecule is Cc1cc(C)c(C2(N=C=O)CCCCC2)c(C)c1. The molecule has 2 heteroatoms. The van der Waals surface area contributed by atoms with Crippen molar-refractivity contribution < 1.29 is 4.79 Å². The third-order valence-corrected chi connectivity index (χ3v) is 4.08. The van der Waals surface area contributed by atoms with Crippen molar-refractivity contribution in [3.63, 3.8) is 0 Å². The molecule has 0 atom stereocenters. The topological polar surface area (TPSA) is 29.4 Å². The van der Waals surface area contributed by atoms with Gasteiger partial charge in [0.05, 0.1) is 5.54 Å². The van der Waals surface area contributed by atoms with Gasteiger partial charge in [0.15, 0.2) is 0 Å². The highest BCUT2D eigenvalue weighted by Gasteiger charge is 2.36. The van der Waals surface area contributed by atoms with Crippen LogP contribution < -0.4 is 0 Å². The lowest BCUT2D eigenvalue weighted by Gasteiger charge is -2.35. The average Bonchev–Trinajstić information content (AvgIpc) is 2.28. The van der Waals surface area contributed by atoms with Gasteiger partial charge in [-0.3, -0.25) is 0 Å². The number of hydrogen-bond donors (Lipinski definition) is 0. The van der Waals surface area contributed by atoms with Crippen LogP contribution in [0.3, 0.4) is 0 Å². The Hall–Kier alpha value is -1.40. The second-order valence-electron chi connectivity index (χ2n) is 5.57. The fourth-order valence-electron chi connectivity index (χ4n) is 3.56. The number of aryl methyl sites for hydroxylation is 3. The maximum absolute atomic E-state index is 10.8. The van der Waals surface area contributed by atoms with Gasteiger partial charge in [-0.05, 0) is 50.3 Å². The highest BCUT2D eigenvalue weighted by molar-refractivity contribution is 5.46. The first kappa shape index (κ1) is 13.0. The van der Waals surface area contributed by atoms with Gasteiger partial charge in [-0.15, -0.1) is 0 Å². The quantitative estimate of drug-likeness (QED) is 0.568. The summed E-state index contributed by atoms with van der Waals surface area (Å²) in [6, 6.07) is 4.39. The van der Waals surface area contributed by atoms with Crippen LogP contribution in [0.2, 0.25) is 0 Å². The van der Waals surface area contributed by atoms with Crippen molar-refractivity contribution in [2.75, 3.05) is 0 Å². The summed E-state index contributed by atoms with van der Waals surface area (Å²) in [7, 11) is 0. The number of hydrogen-bond acceptors (Lipinski definition) is 2. The number of benzene rings is 1.